The molecule has 4 N–H and O–H groups in total. The second-order valence-electron chi connectivity index (χ2n) is 8.17. The number of nitrogens with one attached hydrogen (secondary N) is 2. The van der Waals surface area contributed by atoms with Crippen LogP contribution in [0.15, 0.2) is 23.4 Å². The number of allylic oxidation sites excluding steroid dienone is 3. The van der Waals surface area contributed by atoms with Crippen molar-refractivity contribution in [2.75, 3.05) is 13.1 Å². The van der Waals surface area contributed by atoms with Gasteiger partial charge in [-0.15, -0.1) is 0 Å². The number of amides is 3. The minimum atomic E-state index is -0.779. The molecule has 0 aromatic carbocycles. The number of nitrogens with zero attached hydrogens (tertiary/aromatic N) is 1. The molecule has 1 unspecified atom stereocenters. The number of rotatable bonds is 7. The number of hydrogen-bond donors (Lipinski definition) is 3. The third kappa shape index (κ3) is 5.44. The van der Waals surface area contributed by atoms with Crippen LogP contribution in [0.3, 0.4) is 0 Å². The van der Waals surface area contributed by atoms with E-state index in [1.54, 1.807) is 6.92 Å². The van der Waals surface area contributed by atoms with Crippen molar-refractivity contribution in [1.29, 1.82) is 0 Å². The highest BCUT2D eigenvalue weighted by molar-refractivity contribution is 6.00. The zero-order chi connectivity index (χ0) is 20.8. The van der Waals surface area contributed by atoms with Gasteiger partial charge in [-0.05, 0) is 50.0 Å². The normalized spacial score (nSPS) is 21.9. The van der Waals surface area contributed by atoms with E-state index < -0.39 is 18.0 Å². The minimum Gasteiger partial charge on any atom is -0.343 e. The molecule has 0 bridgehead atoms. The molecule has 0 aromatic rings. The van der Waals surface area contributed by atoms with Crippen molar-refractivity contribution in [3.05, 3.63) is 23.4 Å². The van der Waals surface area contributed by atoms with E-state index in [-0.39, 0.29) is 17.7 Å². The highest BCUT2D eigenvalue weighted by Gasteiger charge is 2.32. The van der Waals surface area contributed by atoms with Crippen LogP contribution in [0.1, 0.15) is 53.4 Å². The minimum absolute atomic E-state index is 0.144. The zero-order valence-electron chi connectivity index (χ0n) is 17.5. The molecule has 3 amide bonds. The third-order valence-electron chi connectivity index (χ3n) is 5.32. The van der Waals surface area contributed by atoms with Crippen LogP contribution in [0.5, 0.6) is 0 Å². The standard InChI is InChI=1S/C21H34N4O3/c1-5-17(22)20(27)23-14(4)19(26)24-18-16-9-7-6-8-15(16)10-11-25(21(18)28)12-13(2)3/h7,9,13-15,17H,5-6,8,10-12,22H2,1-4H3,(H,23,27)(H,24,26)/t14-,15?,17-/m0/s1. The quantitative estimate of drug-likeness (QED) is 0.612. The number of nitrogens with two attached hydrogens (primary N) is 1. The largest absolute Gasteiger partial charge is 0.343 e. The molecule has 1 heterocycles. The van der Waals surface area contributed by atoms with Crippen LogP contribution in [0.4, 0.5) is 0 Å². The van der Waals surface area contributed by atoms with Gasteiger partial charge >= 0.3 is 0 Å². The van der Waals surface area contributed by atoms with Crippen molar-refractivity contribution in [1.82, 2.24) is 15.5 Å². The van der Waals surface area contributed by atoms with Crippen LogP contribution in [-0.4, -0.2) is 47.8 Å². The summed E-state index contributed by atoms with van der Waals surface area (Å²) in [6, 6.07) is -1.43. The third-order valence-corrected chi connectivity index (χ3v) is 5.32. The average molecular weight is 391 g/mol. The first-order valence-corrected chi connectivity index (χ1v) is 10.3. The monoisotopic (exact) mass is 390 g/mol. The van der Waals surface area contributed by atoms with Gasteiger partial charge in [0.1, 0.15) is 11.7 Å². The Morgan fingerprint density at radius 1 is 1.25 bits per heavy atom. The van der Waals surface area contributed by atoms with Gasteiger partial charge in [0.15, 0.2) is 0 Å². The zero-order valence-corrected chi connectivity index (χ0v) is 17.5. The van der Waals surface area contributed by atoms with Crippen molar-refractivity contribution >= 4 is 17.7 Å². The first-order chi connectivity index (χ1) is 13.2. The summed E-state index contributed by atoms with van der Waals surface area (Å²) >= 11 is 0. The van der Waals surface area contributed by atoms with Gasteiger partial charge in [0.05, 0.1) is 6.04 Å². The van der Waals surface area contributed by atoms with Crippen molar-refractivity contribution in [3.63, 3.8) is 0 Å². The summed E-state index contributed by atoms with van der Waals surface area (Å²) in [5, 5.41) is 5.44. The van der Waals surface area contributed by atoms with Crippen molar-refractivity contribution in [2.24, 2.45) is 17.6 Å². The highest BCUT2D eigenvalue weighted by atomic mass is 16.2. The second-order valence-corrected chi connectivity index (χ2v) is 8.17. The molecule has 156 valence electrons. The van der Waals surface area contributed by atoms with Gasteiger partial charge < -0.3 is 21.3 Å². The van der Waals surface area contributed by atoms with Crippen molar-refractivity contribution < 1.29 is 14.4 Å². The van der Waals surface area contributed by atoms with Crippen LogP contribution >= 0.6 is 0 Å². The van der Waals surface area contributed by atoms with Gasteiger partial charge in [-0.1, -0.05) is 32.9 Å². The Hall–Kier alpha value is -2.15. The summed E-state index contributed by atoms with van der Waals surface area (Å²) in [5.41, 5.74) is 6.98. The first-order valence-electron chi connectivity index (χ1n) is 10.3. The predicted molar refractivity (Wildman–Crippen MR) is 109 cm³/mol. The average Bonchev–Trinajstić information content (AvgIpc) is 2.79. The lowest BCUT2D eigenvalue weighted by Crippen LogP contribution is -2.51. The van der Waals surface area contributed by atoms with Crippen LogP contribution in [-0.2, 0) is 14.4 Å². The Morgan fingerprint density at radius 2 is 1.96 bits per heavy atom. The fraction of sp³-hybridized carbons (Fsp3) is 0.667. The van der Waals surface area contributed by atoms with E-state index in [4.69, 9.17) is 5.73 Å². The van der Waals surface area contributed by atoms with Gasteiger partial charge in [-0.2, -0.15) is 0 Å². The summed E-state index contributed by atoms with van der Waals surface area (Å²) in [5.74, 6) is -0.312. The Labute approximate surface area is 167 Å². The predicted octanol–water partition coefficient (Wildman–Crippen LogP) is 1.45. The van der Waals surface area contributed by atoms with Gasteiger partial charge in [-0.3, -0.25) is 14.4 Å². The molecule has 0 saturated heterocycles. The lowest BCUT2D eigenvalue weighted by atomic mass is 9.86. The summed E-state index contributed by atoms with van der Waals surface area (Å²) in [4.78, 5) is 39.7. The van der Waals surface area contributed by atoms with Crippen molar-refractivity contribution in [3.8, 4) is 0 Å². The Balaban J connectivity index is 2.22. The molecule has 0 fully saturated rings. The van der Waals surface area contributed by atoms with E-state index in [1.165, 1.54) is 0 Å². The van der Waals surface area contributed by atoms with E-state index in [1.807, 2.05) is 17.9 Å². The van der Waals surface area contributed by atoms with Crippen LogP contribution in [0, 0.1) is 11.8 Å². The Kier molecular flexibility index (Phi) is 7.80. The molecular weight excluding hydrogens is 356 g/mol. The molecule has 2 rings (SSSR count). The molecule has 3 atom stereocenters. The number of fused-ring (bicyclic) bond motifs is 1. The van der Waals surface area contributed by atoms with Gasteiger partial charge in [0, 0.05) is 13.1 Å². The number of carbonyl (C=O) groups excluding carboxylic acids is 3. The fourth-order valence-electron chi connectivity index (χ4n) is 3.62. The van der Waals surface area contributed by atoms with E-state index in [9.17, 15) is 14.4 Å². The maximum absolute atomic E-state index is 13.2. The Bertz CT molecular complexity index is 669. The van der Waals surface area contributed by atoms with E-state index in [2.05, 4.69) is 30.6 Å². The smallest absolute Gasteiger partial charge is 0.270 e. The number of hydrogen-bond acceptors (Lipinski definition) is 4. The molecule has 0 spiro atoms. The molecule has 1 aliphatic heterocycles. The topological polar surface area (TPSA) is 105 Å². The van der Waals surface area contributed by atoms with E-state index >= 15 is 0 Å². The fourth-order valence-corrected chi connectivity index (χ4v) is 3.62. The van der Waals surface area contributed by atoms with Gasteiger partial charge in [0.25, 0.3) is 5.91 Å². The lowest BCUT2D eigenvalue weighted by molar-refractivity contribution is -0.131. The SMILES string of the molecule is CC[C@H](N)C(=O)N[C@@H](C)C(=O)NC1=C2C=CCCC2CCN(CC(C)C)C1=O. The van der Waals surface area contributed by atoms with E-state index in [0.29, 0.717) is 31.1 Å². The maximum atomic E-state index is 13.2. The van der Waals surface area contributed by atoms with Crippen LogP contribution < -0.4 is 16.4 Å². The number of carbonyl (C=O) groups is 3. The molecule has 28 heavy (non-hydrogen) atoms. The molecule has 1 aliphatic carbocycles. The van der Waals surface area contributed by atoms with E-state index in [0.717, 1.165) is 24.8 Å². The first kappa shape index (κ1) is 22.1. The Morgan fingerprint density at radius 3 is 2.61 bits per heavy atom. The van der Waals surface area contributed by atoms with Gasteiger partial charge in [-0.25, -0.2) is 0 Å². The molecule has 2 aliphatic rings. The molecule has 0 saturated carbocycles. The van der Waals surface area contributed by atoms with Crippen LogP contribution in [0.25, 0.3) is 0 Å². The maximum Gasteiger partial charge on any atom is 0.270 e. The van der Waals surface area contributed by atoms with Crippen molar-refractivity contribution in [2.45, 2.75) is 65.5 Å². The van der Waals surface area contributed by atoms with Crippen LogP contribution in [0.2, 0.25) is 0 Å². The summed E-state index contributed by atoms with van der Waals surface area (Å²) in [6.45, 7) is 8.90. The highest BCUT2D eigenvalue weighted by Crippen LogP contribution is 2.32. The molecule has 7 heteroatoms. The molecular formula is C21H34N4O3. The second kappa shape index (κ2) is 9.87. The van der Waals surface area contributed by atoms with Gasteiger partial charge in [0.2, 0.25) is 11.8 Å². The summed E-state index contributed by atoms with van der Waals surface area (Å²) < 4.78 is 0. The molecule has 0 radical (unpaired) electrons. The molecule has 0 aromatic heterocycles. The summed E-state index contributed by atoms with van der Waals surface area (Å²) in [6.07, 6.45) is 7.37. The summed E-state index contributed by atoms with van der Waals surface area (Å²) in [7, 11) is 0. The lowest BCUT2D eigenvalue weighted by Gasteiger charge is -2.25. The molecule has 7 nitrogen and oxygen atoms in total.